The summed E-state index contributed by atoms with van der Waals surface area (Å²) in [5.41, 5.74) is 4.72. The van der Waals surface area contributed by atoms with Gasteiger partial charge in [0.2, 0.25) is 5.75 Å². The van der Waals surface area contributed by atoms with Crippen molar-refractivity contribution in [2.24, 2.45) is 0 Å². The van der Waals surface area contributed by atoms with Crippen LogP contribution in [0.1, 0.15) is 55.0 Å². The number of rotatable bonds is 6. The Morgan fingerprint density at radius 1 is 1.00 bits per heavy atom. The predicted octanol–water partition coefficient (Wildman–Crippen LogP) is 5.55. The fourth-order valence-corrected chi connectivity index (χ4v) is 3.79. The fourth-order valence-electron chi connectivity index (χ4n) is 3.79. The monoisotopic (exact) mass is 368 g/mol. The van der Waals surface area contributed by atoms with Crippen molar-refractivity contribution in [3.05, 3.63) is 52.6 Å². The first kappa shape index (κ1) is 19.2. The zero-order valence-electron chi connectivity index (χ0n) is 17.0. The van der Waals surface area contributed by atoms with Crippen molar-refractivity contribution in [2.75, 3.05) is 21.3 Å². The zero-order chi connectivity index (χ0) is 19.6. The molecule has 2 aromatic rings. The average molecular weight is 368 g/mol. The van der Waals surface area contributed by atoms with Crippen LogP contribution in [-0.4, -0.2) is 21.3 Å². The van der Waals surface area contributed by atoms with Gasteiger partial charge in [-0.15, -0.1) is 0 Å². The lowest BCUT2D eigenvalue weighted by Crippen LogP contribution is -2.08. The molecule has 144 valence electrons. The van der Waals surface area contributed by atoms with Gasteiger partial charge < -0.3 is 18.9 Å². The Labute approximate surface area is 161 Å². The minimum absolute atomic E-state index is 0.0973. The minimum Gasteiger partial charge on any atom is -0.493 e. The Kier molecular flexibility index (Phi) is 5.64. The second kappa shape index (κ2) is 7.95. The van der Waals surface area contributed by atoms with Crippen molar-refractivity contribution >= 4 is 6.08 Å². The second-order valence-electron chi connectivity index (χ2n) is 6.74. The van der Waals surface area contributed by atoms with E-state index in [1.165, 1.54) is 16.7 Å². The lowest BCUT2D eigenvalue weighted by Gasteiger charge is -2.20. The number of fused-ring (bicyclic) bond motifs is 1. The summed E-state index contributed by atoms with van der Waals surface area (Å²) in [5.74, 6) is 3.11. The molecule has 2 atom stereocenters. The summed E-state index contributed by atoms with van der Waals surface area (Å²) < 4.78 is 22.9. The summed E-state index contributed by atoms with van der Waals surface area (Å²) in [4.78, 5) is 0. The van der Waals surface area contributed by atoms with Gasteiger partial charge in [-0.25, -0.2) is 0 Å². The van der Waals surface area contributed by atoms with Gasteiger partial charge in [-0.1, -0.05) is 26.0 Å². The molecule has 0 N–H and O–H groups in total. The molecule has 0 saturated heterocycles. The van der Waals surface area contributed by atoms with E-state index in [2.05, 4.69) is 38.1 Å². The summed E-state index contributed by atoms with van der Waals surface area (Å²) in [6, 6.07) is 8.40. The van der Waals surface area contributed by atoms with E-state index in [0.29, 0.717) is 17.2 Å². The van der Waals surface area contributed by atoms with Crippen LogP contribution in [0.15, 0.2) is 30.3 Å². The van der Waals surface area contributed by atoms with Gasteiger partial charge in [-0.2, -0.15) is 0 Å². The van der Waals surface area contributed by atoms with Gasteiger partial charge in [0, 0.05) is 17.0 Å². The highest BCUT2D eigenvalue weighted by Gasteiger charge is 2.35. The normalized spacial score (nSPS) is 18.3. The van der Waals surface area contributed by atoms with Crippen LogP contribution in [0.4, 0.5) is 0 Å². The van der Waals surface area contributed by atoms with Crippen LogP contribution in [0.3, 0.4) is 0 Å². The number of benzene rings is 2. The van der Waals surface area contributed by atoms with Gasteiger partial charge in [-0.3, -0.25) is 0 Å². The van der Waals surface area contributed by atoms with Gasteiger partial charge in [0.1, 0.15) is 11.9 Å². The topological polar surface area (TPSA) is 36.9 Å². The third-order valence-electron chi connectivity index (χ3n) is 5.16. The van der Waals surface area contributed by atoms with E-state index in [0.717, 1.165) is 17.7 Å². The number of methoxy groups -OCH3 is 3. The van der Waals surface area contributed by atoms with E-state index in [1.807, 2.05) is 19.1 Å². The molecule has 0 bridgehead atoms. The number of ether oxygens (including phenoxy) is 4. The molecule has 2 aromatic carbocycles. The quantitative estimate of drug-likeness (QED) is 0.670. The molecule has 2 unspecified atom stereocenters. The number of aryl methyl sites for hydroxylation is 1. The van der Waals surface area contributed by atoms with Crippen molar-refractivity contribution in [2.45, 2.75) is 39.2 Å². The first-order valence-electron chi connectivity index (χ1n) is 9.33. The Balaban J connectivity index is 2.07. The van der Waals surface area contributed by atoms with E-state index in [1.54, 1.807) is 21.3 Å². The maximum atomic E-state index is 6.46. The van der Waals surface area contributed by atoms with Crippen molar-refractivity contribution in [3.63, 3.8) is 0 Å². The van der Waals surface area contributed by atoms with Crippen molar-refractivity contribution in [3.8, 4) is 23.0 Å². The van der Waals surface area contributed by atoms with Crippen molar-refractivity contribution < 1.29 is 18.9 Å². The van der Waals surface area contributed by atoms with Gasteiger partial charge in [-0.05, 0) is 48.7 Å². The molecular formula is C23H28O4. The zero-order valence-corrected chi connectivity index (χ0v) is 17.0. The fraction of sp³-hybridized carbons (Fsp3) is 0.391. The molecule has 0 amide bonds. The van der Waals surface area contributed by atoms with Crippen molar-refractivity contribution in [1.82, 2.24) is 0 Å². The smallest absolute Gasteiger partial charge is 0.203 e. The number of allylic oxidation sites excluding steroid dienone is 1. The van der Waals surface area contributed by atoms with Crippen molar-refractivity contribution in [1.29, 1.82) is 0 Å². The van der Waals surface area contributed by atoms with E-state index < -0.39 is 0 Å². The highest BCUT2D eigenvalue weighted by Crippen LogP contribution is 2.50. The Morgan fingerprint density at radius 3 is 2.19 bits per heavy atom. The molecular weight excluding hydrogens is 340 g/mol. The van der Waals surface area contributed by atoms with E-state index >= 15 is 0 Å². The lowest BCUT2D eigenvalue weighted by atomic mass is 9.90. The maximum Gasteiger partial charge on any atom is 0.203 e. The maximum absolute atomic E-state index is 6.46. The van der Waals surface area contributed by atoms with Crippen LogP contribution < -0.4 is 18.9 Å². The lowest BCUT2D eigenvalue weighted by molar-refractivity contribution is 0.212. The molecule has 1 aliphatic heterocycles. The second-order valence-corrected chi connectivity index (χ2v) is 6.74. The van der Waals surface area contributed by atoms with E-state index in [9.17, 15) is 0 Å². The SMILES string of the molecule is C/C=C\c1cc(CC)c2c(c1)C(C)C(c1cc(OC)c(OC)c(OC)c1)O2. The van der Waals surface area contributed by atoms with Gasteiger partial charge in [0.25, 0.3) is 0 Å². The molecule has 4 heteroatoms. The van der Waals surface area contributed by atoms with Crippen LogP contribution in [0.5, 0.6) is 23.0 Å². The van der Waals surface area contributed by atoms with Crippen LogP contribution in [0.2, 0.25) is 0 Å². The van der Waals surface area contributed by atoms with Gasteiger partial charge >= 0.3 is 0 Å². The standard InChI is InChI=1S/C23H28O4/c1-7-9-15-10-16(8-2)22-18(11-15)14(3)21(27-22)17-12-19(24-4)23(26-6)20(13-17)25-5/h7,9-14,21H,8H2,1-6H3/b9-7-. The molecule has 4 nitrogen and oxygen atoms in total. The first-order chi connectivity index (χ1) is 13.1. The Morgan fingerprint density at radius 2 is 1.67 bits per heavy atom. The summed E-state index contributed by atoms with van der Waals surface area (Å²) in [7, 11) is 4.88. The molecule has 0 fully saturated rings. The largest absolute Gasteiger partial charge is 0.493 e. The third kappa shape index (κ3) is 3.36. The van der Waals surface area contributed by atoms with E-state index in [4.69, 9.17) is 18.9 Å². The van der Waals surface area contributed by atoms with E-state index in [-0.39, 0.29) is 12.0 Å². The van der Waals surface area contributed by atoms with Crippen LogP contribution in [0, 0.1) is 0 Å². The highest BCUT2D eigenvalue weighted by atomic mass is 16.5. The predicted molar refractivity (Wildman–Crippen MR) is 108 cm³/mol. The molecule has 1 heterocycles. The third-order valence-corrected chi connectivity index (χ3v) is 5.16. The molecule has 0 aliphatic carbocycles. The molecule has 0 radical (unpaired) electrons. The molecule has 1 aliphatic rings. The summed E-state index contributed by atoms with van der Waals surface area (Å²) >= 11 is 0. The number of hydrogen-bond donors (Lipinski definition) is 0. The summed E-state index contributed by atoms with van der Waals surface area (Å²) in [6.07, 6.45) is 5.04. The van der Waals surface area contributed by atoms with Gasteiger partial charge in [0.05, 0.1) is 21.3 Å². The minimum atomic E-state index is -0.0973. The van der Waals surface area contributed by atoms with Crippen LogP contribution in [-0.2, 0) is 6.42 Å². The molecule has 0 saturated carbocycles. The Hall–Kier alpha value is -2.62. The molecule has 0 aromatic heterocycles. The highest BCUT2D eigenvalue weighted by molar-refractivity contribution is 5.60. The van der Waals surface area contributed by atoms with Crippen LogP contribution >= 0.6 is 0 Å². The Bertz CT molecular complexity index is 829. The summed E-state index contributed by atoms with van der Waals surface area (Å²) in [5, 5.41) is 0. The molecule has 3 rings (SSSR count). The molecule has 0 spiro atoms. The average Bonchev–Trinajstić information content (AvgIpc) is 3.03. The first-order valence-corrected chi connectivity index (χ1v) is 9.33. The molecule has 27 heavy (non-hydrogen) atoms. The van der Waals surface area contributed by atoms with Gasteiger partial charge in [0.15, 0.2) is 11.5 Å². The summed E-state index contributed by atoms with van der Waals surface area (Å²) in [6.45, 7) is 6.41. The van der Waals surface area contributed by atoms with Crippen LogP contribution in [0.25, 0.3) is 6.08 Å². The number of hydrogen-bond acceptors (Lipinski definition) is 4.